The van der Waals surface area contributed by atoms with Crippen LogP contribution in [0.4, 0.5) is 13.2 Å². The third-order valence-corrected chi connectivity index (χ3v) is 2.91. The Bertz CT molecular complexity index is 406. The van der Waals surface area contributed by atoms with E-state index in [0.29, 0.717) is 23.7 Å². The summed E-state index contributed by atoms with van der Waals surface area (Å²) in [5.41, 5.74) is 0.564. The van der Waals surface area contributed by atoms with Crippen LogP contribution in [0.3, 0.4) is 0 Å². The van der Waals surface area contributed by atoms with E-state index in [1.807, 2.05) is 0 Å². The first-order valence-electron chi connectivity index (χ1n) is 5.64. The van der Waals surface area contributed by atoms with Gasteiger partial charge in [-0.2, -0.15) is 13.2 Å². The molecule has 0 aromatic carbocycles. The van der Waals surface area contributed by atoms with Crippen molar-refractivity contribution in [2.75, 3.05) is 19.8 Å². The van der Waals surface area contributed by atoms with Crippen molar-refractivity contribution in [3.05, 3.63) is 16.1 Å². The average molecular weight is 297 g/mol. The number of hydrogen-bond acceptors (Lipinski definition) is 5. The van der Waals surface area contributed by atoms with Gasteiger partial charge < -0.3 is 9.47 Å². The molecule has 0 radical (unpaired) electrons. The largest absolute Gasteiger partial charge is 0.466 e. The minimum atomic E-state index is -4.31. The van der Waals surface area contributed by atoms with E-state index in [2.05, 4.69) is 9.72 Å². The van der Waals surface area contributed by atoms with E-state index >= 15 is 0 Å². The maximum absolute atomic E-state index is 11.8. The lowest BCUT2D eigenvalue weighted by atomic mass is 10.3. The Morgan fingerprint density at radius 1 is 1.47 bits per heavy atom. The van der Waals surface area contributed by atoms with Crippen LogP contribution in [0.1, 0.15) is 17.6 Å². The number of alkyl halides is 3. The van der Waals surface area contributed by atoms with Crippen molar-refractivity contribution < 1.29 is 27.4 Å². The Morgan fingerprint density at radius 2 is 2.21 bits per heavy atom. The van der Waals surface area contributed by atoms with Crippen LogP contribution in [0.5, 0.6) is 0 Å². The highest BCUT2D eigenvalue weighted by atomic mass is 32.1. The fourth-order valence-electron chi connectivity index (χ4n) is 1.25. The first-order valence-corrected chi connectivity index (χ1v) is 6.52. The highest BCUT2D eigenvalue weighted by Gasteiger charge is 2.27. The molecule has 4 nitrogen and oxygen atoms in total. The molecule has 0 saturated heterocycles. The van der Waals surface area contributed by atoms with Gasteiger partial charge in [-0.25, -0.2) is 4.98 Å². The Hall–Kier alpha value is -1.15. The van der Waals surface area contributed by atoms with E-state index in [-0.39, 0.29) is 19.0 Å². The van der Waals surface area contributed by atoms with Crippen LogP contribution in [-0.4, -0.2) is 37.0 Å². The average Bonchev–Trinajstić information content (AvgIpc) is 2.71. The Kier molecular flexibility index (Phi) is 6.23. The van der Waals surface area contributed by atoms with Gasteiger partial charge in [-0.3, -0.25) is 4.79 Å². The van der Waals surface area contributed by atoms with E-state index in [4.69, 9.17) is 4.74 Å². The molecule has 0 unspecified atom stereocenters. The number of hydrogen-bond donors (Lipinski definition) is 0. The number of ether oxygens (including phenoxy) is 2. The van der Waals surface area contributed by atoms with Gasteiger partial charge in [0.1, 0.15) is 6.61 Å². The van der Waals surface area contributed by atoms with Crippen molar-refractivity contribution in [2.45, 2.75) is 25.9 Å². The molecule has 0 aliphatic rings. The van der Waals surface area contributed by atoms with Gasteiger partial charge in [0.15, 0.2) is 0 Å². The Morgan fingerprint density at radius 3 is 2.84 bits per heavy atom. The third-order valence-electron chi connectivity index (χ3n) is 1.96. The molecule has 0 aliphatic carbocycles. The van der Waals surface area contributed by atoms with Crippen LogP contribution in [0.15, 0.2) is 5.38 Å². The molecular formula is C11H14F3NO3S. The van der Waals surface area contributed by atoms with Crippen LogP contribution in [-0.2, 0) is 27.1 Å². The fraction of sp³-hybridized carbons (Fsp3) is 0.636. The number of carbonyl (C=O) groups excluding carboxylic acids is 1. The monoisotopic (exact) mass is 297 g/mol. The molecule has 0 atom stereocenters. The van der Waals surface area contributed by atoms with Gasteiger partial charge in [-0.15, -0.1) is 11.3 Å². The Labute approximate surface area is 112 Å². The van der Waals surface area contributed by atoms with Crippen LogP contribution in [0, 0.1) is 0 Å². The lowest BCUT2D eigenvalue weighted by molar-refractivity contribution is -0.173. The number of thiazole rings is 1. The lowest BCUT2D eigenvalue weighted by Crippen LogP contribution is -2.17. The molecule has 108 valence electrons. The minimum absolute atomic E-state index is 0.0497. The van der Waals surface area contributed by atoms with Crippen LogP contribution in [0.25, 0.3) is 0 Å². The molecule has 1 aromatic rings. The number of carbonyl (C=O) groups is 1. The molecule has 0 N–H and O–H groups in total. The molecular weight excluding hydrogens is 283 g/mol. The molecule has 0 spiro atoms. The topological polar surface area (TPSA) is 48.4 Å². The van der Waals surface area contributed by atoms with Gasteiger partial charge >= 0.3 is 12.1 Å². The normalized spacial score (nSPS) is 11.6. The maximum Gasteiger partial charge on any atom is 0.411 e. The van der Waals surface area contributed by atoms with Crippen molar-refractivity contribution in [3.8, 4) is 0 Å². The molecule has 8 heteroatoms. The molecule has 0 amide bonds. The van der Waals surface area contributed by atoms with Gasteiger partial charge in [0.2, 0.25) is 0 Å². The highest BCUT2D eigenvalue weighted by molar-refractivity contribution is 7.09. The second kappa shape index (κ2) is 7.44. The van der Waals surface area contributed by atoms with Crippen LogP contribution < -0.4 is 0 Å². The minimum Gasteiger partial charge on any atom is -0.466 e. The van der Waals surface area contributed by atoms with E-state index in [9.17, 15) is 18.0 Å². The van der Waals surface area contributed by atoms with E-state index < -0.39 is 12.8 Å². The van der Waals surface area contributed by atoms with Crippen molar-refractivity contribution in [3.63, 3.8) is 0 Å². The van der Waals surface area contributed by atoms with E-state index in [0.717, 1.165) is 0 Å². The fourth-order valence-corrected chi connectivity index (χ4v) is 2.03. The number of esters is 1. The summed E-state index contributed by atoms with van der Waals surface area (Å²) in [7, 11) is 0. The molecule has 0 bridgehead atoms. The summed E-state index contributed by atoms with van der Waals surface area (Å²) in [5.74, 6) is -0.368. The SMILES string of the molecule is CCOC(=O)Cc1csc(CCOCC(F)(F)F)n1. The van der Waals surface area contributed by atoms with Gasteiger partial charge in [0.05, 0.1) is 30.3 Å². The molecule has 1 rings (SSSR count). The highest BCUT2D eigenvalue weighted by Crippen LogP contribution is 2.15. The lowest BCUT2D eigenvalue weighted by Gasteiger charge is -2.06. The predicted molar refractivity (Wildman–Crippen MR) is 63.0 cm³/mol. The maximum atomic E-state index is 11.8. The Balaban J connectivity index is 2.29. The quantitative estimate of drug-likeness (QED) is 0.572. The third kappa shape index (κ3) is 7.12. The number of rotatable bonds is 7. The van der Waals surface area contributed by atoms with Crippen molar-refractivity contribution in [1.82, 2.24) is 4.98 Å². The van der Waals surface area contributed by atoms with Crippen molar-refractivity contribution in [2.24, 2.45) is 0 Å². The summed E-state index contributed by atoms with van der Waals surface area (Å²) in [6.45, 7) is 0.712. The summed E-state index contributed by atoms with van der Waals surface area (Å²) in [6.07, 6.45) is -3.94. The van der Waals surface area contributed by atoms with Crippen LogP contribution >= 0.6 is 11.3 Å². The molecule has 0 fully saturated rings. The number of halogens is 3. The zero-order chi connectivity index (χ0) is 14.3. The van der Waals surface area contributed by atoms with Gasteiger partial charge in [-0.05, 0) is 6.92 Å². The number of nitrogens with zero attached hydrogens (tertiary/aromatic N) is 1. The smallest absolute Gasteiger partial charge is 0.411 e. The zero-order valence-electron chi connectivity index (χ0n) is 10.3. The van der Waals surface area contributed by atoms with Gasteiger partial charge in [0.25, 0.3) is 0 Å². The van der Waals surface area contributed by atoms with Gasteiger partial charge in [0, 0.05) is 11.8 Å². The first-order chi connectivity index (χ1) is 8.90. The molecule has 1 aromatic heterocycles. The summed E-state index contributed by atoms with van der Waals surface area (Å²) in [5, 5.41) is 2.33. The predicted octanol–water partition coefficient (Wildman–Crippen LogP) is 2.37. The van der Waals surface area contributed by atoms with E-state index in [1.54, 1.807) is 12.3 Å². The van der Waals surface area contributed by atoms with Crippen LogP contribution in [0.2, 0.25) is 0 Å². The van der Waals surface area contributed by atoms with Crippen molar-refractivity contribution >= 4 is 17.3 Å². The second-order valence-corrected chi connectivity index (χ2v) is 4.57. The number of aromatic nitrogens is 1. The zero-order valence-corrected chi connectivity index (χ0v) is 11.1. The first kappa shape index (κ1) is 15.9. The summed E-state index contributed by atoms with van der Waals surface area (Å²) < 4.78 is 44.7. The summed E-state index contributed by atoms with van der Waals surface area (Å²) in [6, 6.07) is 0. The summed E-state index contributed by atoms with van der Waals surface area (Å²) >= 11 is 1.29. The van der Waals surface area contributed by atoms with Crippen molar-refractivity contribution in [1.29, 1.82) is 0 Å². The molecule has 0 aliphatic heterocycles. The van der Waals surface area contributed by atoms with E-state index in [1.165, 1.54) is 11.3 Å². The molecule has 19 heavy (non-hydrogen) atoms. The standard InChI is InChI=1S/C11H14F3NO3S/c1-2-18-10(16)5-8-6-19-9(15-8)3-4-17-7-11(12,13)14/h6H,2-5,7H2,1H3. The molecule has 1 heterocycles. The second-order valence-electron chi connectivity index (χ2n) is 3.63. The molecule has 0 saturated carbocycles. The summed E-state index contributed by atoms with van der Waals surface area (Å²) in [4.78, 5) is 15.3. The van der Waals surface area contributed by atoms with Gasteiger partial charge in [-0.1, -0.05) is 0 Å².